The van der Waals surface area contributed by atoms with E-state index in [1.54, 1.807) is 38.1 Å². The number of carboxylic acid groups (broad SMARTS) is 1. The minimum absolute atomic E-state index is 0.0407. The Morgan fingerprint density at radius 3 is 2.48 bits per heavy atom. The van der Waals surface area contributed by atoms with Gasteiger partial charge in [0.1, 0.15) is 24.0 Å². The fraction of sp³-hybridized carbons (Fsp3) is 0.556. The number of rotatable bonds is 10. The van der Waals surface area contributed by atoms with E-state index in [-0.39, 0.29) is 18.7 Å². The molecule has 0 radical (unpaired) electrons. The summed E-state index contributed by atoms with van der Waals surface area (Å²) in [6.45, 7) is 5.51. The zero-order valence-corrected chi connectivity index (χ0v) is 15.1. The Morgan fingerprint density at radius 2 is 1.92 bits per heavy atom. The number of aliphatic hydroxyl groups is 1. The molecule has 1 aromatic rings. The predicted molar refractivity (Wildman–Crippen MR) is 92.8 cm³/mol. The minimum Gasteiger partial charge on any atom is -0.490 e. The number of carbonyl (C=O) groups is 2. The van der Waals surface area contributed by atoms with Crippen molar-refractivity contribution in [1.29, 1.82) is 0 Å². The molecule has 0 bridgehead atoms. The first-order valence-corrected chi connectivity index (χ1v) is 8.19. The molecule has 3 N–H and O–H groups in total. The van der Waals surface area contributed by atoms with Crippen LogP contribution in [0.3, 0.4) is 0 Å². The molecule has 140 valence electrons. The number of ether oxygens (including phenoxy) is 2. The van der Waals surface area contributed by atoms with Crippen LogP contribution in [0.2, 0.25) is 0 Å². The largest absolute Gasteiger partial charge is 0.490 e. The van der Waals surface area contributed by atoms with Crippen LogP contribution in [0.25, 0.3) is 0 Å². The van der Waals surface area contributed by atoms with Gasteiger partial charge in [-0.1, -0.05) is 19.1 Å². The van der Waals surface area contributed by atoms with Gasteiger partial charge in [-0.05, 0) is 32.4 Å². The SMILES string of the molecule is CCC(C(=O)O)C(C)(C)NCC(O)COc1ccccc1C(=O)OC. The molecule has 0 saturated carbocycles. The van der Waals surface area contributed by atoms with Gasteiger partial charge >= 0.3 is 11.9 Å². The maximum absolute atomic E-state index is 11.7. The summed E-state index contributed by atoms with van der Waals surface area (Å²) in [4.78, 5) is 23.0. The number of hydrogen-bond acceptors (Lipinski definition) is 6. The molecule has 7 nitrogen and oxygen atoms in total. The van der Waals surface area contributed by atoms with Crippen molar-refractivity contribution in [3.63, 3.8) is 0 Å². The van der Waals surface area contributed by atoms with Gasteiger partial charge in [-0.2, -0.15) is 0 Å². The fourth-order valence-corrected chi connectivity index (χ4v) is 2.61. The number of methoxy groups -OCH3 is 1. The van der Waals surface area contributed by atoms with Gasteiger partial charge < -0.3 is 25.0 Å². The van der Waals surface area contributed by atoms with Crippen LogP contribution in [-0.4, -0.2) is 54.1 Å². The first kappa shape index (κ1) is 20.9. The maximum atomic E-state index is 11.7. The minimum atomic E-state index is -0.877. The molecule has 0 aliphatic carbocycles. The van der Waals surface area contributed by atoms with E-state index in [4.69, 9.17) is 4.74 Å². The van der Waals surface area contributed by atoms with E-state index in [2.05, 4.69) is 10.1 Å². The molecule has 0 spiro atoms. The monoisotopic (exact) mass is 353 g/mol. The first-order chi connectivity index (χ1) is 11.7. The lowest BCUT2D eigenvalue weighted by atomic mass is 9.85. The van der Waals surface area contributed by atoms with Crippen LogP contribution in [-0.2, 0) is 9.53 Å². The molecule has 0 saturated heterocycles. The van der Waals surface area contributed by atoms with Crippen LogP contribution in [0.1, 0.15) is 37.6 Å². The normalized spacial score (nSPS) is 13.8. The summed E-state index contributed by atoms with van der Waals surface area (Å²) in [5, 5.41) is 22.4. The van der Waals surface area contributed by atoms with Crippen molar-refractivity contribution in [2.75, 3.05) is 20.3 Å². The number of aliphatic carboxylic acids is 1. The molecule has 1 aromatic carbocycles. The van der Waals surface area contributed by atoms with Gasteiger partial charge in [-0.15, -0.1) is 0 Å². The molecule has 1 rings (SSSR count). The van der Waals surface area contributed by atoms with E-state index in [9.17, 15) is 19.8 Å². The predicted octanol–water partition coefficient (Wildman–Crippen LogP) is 1.69. The second kappa shape index (κ2) is 9.39. The average molecular weight is 353 g/mol. The quantitative estimate of drug-likeness (QED) is 0.550. The van der Waals surface area contributed by atoms with E-state index < -0.39 is 29.5 Å². The highest BCUT2D eigenvalue weighted by molar-refractivity contribution is 5.92. The van der Waals surface area contributed by atoms with E-state index in [1.165, 1.54) is 7.11 Å². The molecule has 0 fully saturated rings. The summed E-state index contributed by atoms with van der Waals surface area (Å²) in [5.41, 5.74) is -0.395. The van der Waals surface area contributed by atoms with Crippen LogP contribution in [0.15, 0.2) is 24.3 Å². The number of β-amino-alcohol motifs (C(OH)–C–C–N with tert-alkyl or cyclic N) is 1. The van der Waals surface area contributed by atoms with Gasteiger partial charge in [0.25, 0.3) is 0 Å². The Kier molecular flexibility index (Phi) is 7.86. The fourth-order valence-electron chi connectivity index (χ4n) is 2.61. The zero-order chi connectivity index (χ0) is 19.0. The molecule has 0 aromatic heterocycles. The molecule has 25 heavy (non-hydrogen) atoms. The van der Waals surface area contributed by atoms with Crippen molar-refractivity contribution < 1.29 is 29.3 Å². The van der Waals surface area contributed by atoms with Gasteiger partial charge in [0, 0.05) is 12.1 Å². The van der Waals surface area contributed by atoms with E-state index in [1.807, 2.05) is 6.92 Å². The van der Waals surface area contributed by atoms with E-state index in [0.717, 1.165) is 0 Å². The smallest absolute Gasteiger partial charge is 0.341 e. The number of carboxylic acids is 1. The van der Waals surface area contributed by atoms with Crippen LogP contribution in [0.4, 0.5) is 0 Å². The second-order valence-corrected chi connectivity index (χ2v) is 6.35. The van der Waals surface area contributed by atoms with Crippen LogP contribution >= 0.6 is 0 Å². The highest BCUT2D eigenvalue weighted by Gasteiger charge is 2.33. The third-order valence-electron chi connectivity index (χ3n) is 4.09. The van der Waals surface area contributed by atoms with Gasteiger partial charge in [0.2, 0.25) is 0 Å². The van der Waals surface area contributed by atoms with E-state index >= 15 is 0 Å². The van der Waals surface area contributed by atoms with Crippen molar-refractivity contribution in [2.24, 2.45) is 5.92 Å². The Balaban J connectivity index is 2.60. The van der Waals surface area contributed by atoms with Gasteiger partial charge in [0.05, 0.1) is 13.0 Å². The summed E-state index contributed by atoms with van der Waals surface area (Å²) in [6, 6.07) is 6.60. The molecule has 7 heteroatoms. The first-order valence-electron chi connectivity index (χ1n) is 8.19. The number of nitrogens with one attached hydrogen (secondary N) is 1. The van der Waals surface area contributed by atoms with Crippen LogP contribution < -0.4 is 10.1 Å². The molecule has 0 heterocycles. The molecule has 2 unspecified atom stereocenters. The molecular weight excluding hydrogens is 326 g/mol. The van der Waals surface area contributed by atoms with Crippen molar-refractivity contribution >= 4 is 11.9 Å². The lowest BCUT2D eigenvalue weighted by Crippen LogP contribution is -2.51. The number of carbonyl (C=O) groups excluding carboxylic acids is 1. The van der Waals surface area contributed by atoms with Crippen molar-refractivity contribution in [3.8, 4) is 5.75 Å². The molecule has 0 amide bonds. The number of hydrogen-bond donors (Lipinski definition) is 3. The van der Waals surface area contributed by atoms with E-state index in [0.29, 0.717) is 12.2 Å². The second-order valence-electron chi connectivity index (χ2n) is 6.35. The Hall–Kier alpha value is -2.12. The number of benzene rings is 1. The van der Waals surface area contributed by atoms with Gasteiger partial charge in [-0.25, -0.2) is 4.79 Å². The Bertz CT molecular complexity index is 587. The van der Waals surface area contributed by atoms with Crippen molar-refractivity contribution in [2.45, 2.75) is 38.8 Å². The summed E-state index contributed by atoms with van der Waals surface area (Å²) in [6.07, 6.45) is -0.384. The average Bonchev–Trinajstić information content (AvgIpc) is 2.57. The van der Waals surface area contributed by atoms with Crippen LogP contribution in [0, 0.1) is 5.92 Å². The molecule has 0 aliphatic heterocycles. The molecule has 2 atom stereocenters. The third kappa shape index (κ3) is 6.03. The topological polar surface area (TPSA) is 105 Å². The molecular formula is C18H27NO6. The zero-order valence-electron chi connectivity index (χ0n) is 15.1. The number of aliphatic hydroxyl groups excluding tert-OH is 1. The third-order valence-corrected chi connectivity index (χ3v) is 4.09. The summed E-state index contributed by atoms with van der Waals surface area (Å²) < 4.78 is 10.2. The Labute approximate surface area is 147 Å². The number of esters is 1. The lowest BCUT2D eigenvalue weighted by Gasteiger charge is -2.33. The maximum Gasteiger partial charge on any atom is 0.341 e. The summed E-state index contributed by atoms with van der Waals surface area (Å²) in [7, 11) is 1.28. The number of para-hydroxylation sites is 1. The van der Waals surface area contributed by atoms with Crippen molar-refractivity contribution in [3.05, 3.63) is 29.8 Å². The highest BCUT2D eigenvalue weighted by Crippen LogP contribution is 2.21. The van der Waals surface area contributed by atoms with Crippen molar-refractivity contribution in [1.82, 2.24) is 5.32 Å². The Morgan fingerprint density at radius 1 is 1.28 bits per heavy atom. The lowest BCUT2D eigenvalue weighted by molar-refractivity contribution is -0.144. The molecule has 0 aliphatic rings. The highest BCUT2D eigenvalue weighted by atomic mass is 16.5. The summed E-state index contributed by atoms with van der Waals surface area (Å²) in [5.74, 6) is -1.64. The van der Waals surface area contributed by atoms with Gasteiger partial charge in [-0.3, -0.25) is 4.79 Å². The standard InChI is InChI=1S/C18H27NO6/c1-5-14(16(21)22)18(2,3)19-10-12(20)11-25-15-9-7-6-8-13(15)17(23)24-4/h6-9,12,14,19-20H,5,10-11H2,1-4H3,(H,21,22). The van der Waals surface area contributed by atoms with Gasteiger partial charge in [0.15, 0.2) is 0 Å². The summed E-state index contributed by atoms with van der Waals surface area (Å²) >= 11 is 0. The van der Waals surface area contributed by atoms with Crippen LogP contribution in [0.5, 0.6) is 5.75 Å².